The summed E-state index contributed by atoms with van der Waals surface area (Å²) in [5.74, 6) is -3.10. The molecule has 0 saturated heterocycles. The number of carboxylic acid groups (broad SMARTS) is 1. The van der Waals surface area contributed by atoms with Crippen LogP contribution in [0.4, 0.5) is 8.78 Å². The highest BCUT2D eigenvalue weighted by Crippen LogP contribution is 2.18. The lowest BCUT2D eigenvalue weighted by molar-refractivity contribution is -0.141. The summed E-state index contributed by atoms with van der Waals surface area (Å²) in [7, 11) is 0. The highest BCUT2D eigenvalue weighted by atomic mass is 19.1. The molecule has 0 saturated carbocycles. The zero-order valence-corrected chi connectivity index (χ0v) is 10.7. The van der Waals surface area contributed by atoms with Crippen LogP contribution in [0.3, 0.4) is 0 Å². The number of carbonyl (C=O) groups is 1. The Balaban J connectivity index is 2.15. The summed E-state index contributed by atoms with van der Waals surface area (Å²) < 4.78 is 26.4. The molecule has 0 radical (unpaired) electrons. The molecule has 1 unspecified atom stereocenters. The van der Waals surface area contributed by atoms with E-state index < -0.39 is 23.5 Å². The third kappa shape index (κ3) is 3.63. The van der Waals surface area contributed by atoms with E-state index in [2.05, 4.69) is 0 Å². The number of hydrogen-bond acceptors (Lipinski definition) is 1. The van der Waals surface area contributed by atoms with E-state index >= 15 is 0 Å². The number of carboxylic acids is 1. The summed E-state index contributed by atoms with van der Waals surface area (Å²) >= 11 is 0. The minimum atomic E-state index is -0.988. The van der Waals surface area contributed by atoms with Crippen molar-refractivity contribution in [3.05, 3.63) is 71.3 Å². The smallest absolute Gasteiger partial charge is 0.307 e. The normalized spacial score (nSPS) is 12.1. The van der Waals surface area contributed by atoms with Gasteiger partial charge in [0.15, 0.2) is 0 Å². The highest BCUT2D eigenvalue weighted by molar-refractivity contribution is 5.70. The Bertz CT molecular complexity index is 597. The van der Waals surface area contributed by atoms with Gasteiger partial charge in [-0.25, -0.2) is 8.78 Å². The third-order valence-corrected chi connectivity index (χ3v) is 3.16. The van der Waals surface area contributed by atoms with E-state index in [1.165, 1.54) is 6.07 Å². The van der Waals surface area contributed by atoms with Crippen molar-refractivity contribution in [3.63, 3.8) is 0 Å². The first kappa shape index (κ1) is 14.2. The molecule has 0 aliphatic rings. The van der Waals surface area contributed by atoms with Crippen LogP contribution in [0.2, 0.25) is 0 Å². The van der Waals surface area contributed by atoms with Crippen molar-refractivity contribution in [2.45, 2.75) is 12.8 Å². The molecule has 0 amide bonds. The molecule has 2 nitrogen and oxygen atoms in total. The minimum absolute atomic E-state index is 0.0380. The van der Waals surface area contributed by atoms with Crippen LogP contribution in [-0.4, -0.2) is 11.1 Å². The Morgan fingerprint density at radius 1 is 1.05 bits per heavy atom. The molecule has 0 bridgehead atoms. The van der Waals surface area contributed by atoms with Gasteiger partial charge < -0.3 is 5.11 Å². The van der Waals surface area contributed by atoms with Crippen LogP contribution in [0, 0.1) is 17.6 Å². The van der Waals surface area contributed by atoms with Gasteiger partial charge in [-0.2, -0.15) is 0 Å². The number of halogens is 2. The fraction of sp³-hybridized carbons (Fsp3) is 0.188. The molecule has 0 spiro atoms. The van der Waals surface area contributed by atoms with Gasteiger partial charge in [0, 0.05) is 6.07 Å². The Kier molecular flexibility index (Phi) is 4.45. The zero-order valence-electron chi connectivity index (χ0n) is 10.7. The zero-order chi connectivity index (χ0) is 14.5. The van der Waals surface area contributed by atoms with E-state index in [4.69, 9.17) is 0 Å². The average Bonchev–Trinajstić information content (AvgIpc) is 2.42. The Morgan fingerprint density at radius 2 is 1.75 bits per heavy atom. The van der Waals surface area contributed by atoms with Gasteiger partial charge in [0.25, 0.3) is 0 Å². The van der Waals surface area contributed by atoms with Crippen LogP contribution in [0.1, 0.15) is 11.1 Å². The van der Waals surface area contributed by atoms with Crippen molar-refractivity contribution < 1.29 is 18.7 Å². The molecular formula is C16H14F2O2. The van der Waals surface area contributed by atoms with Crippen molar-refractivity contribution in [2.75, 3.05) is 0 Å². The van der Waals surface area contributed by atoms with Gasteiger partial charge in [0.2, 0.25) is 0 Å². The van der Waals surface area contributed by atoms with Gasteiger partial charge in [0.1, 0.15) is 11.6 Å². The summed E-state index contributed by atoms with van der Waals surface area (Å²) in [6, 6.07) is 12.4. The summed E-state index contributed by atoms with van der Waals surface area (Å²) in [5.41, 5.74) is 1.09. The molecule has 0 aliphatic heterocycles. The van der Waals surface area contributed by atoms with E-state index in [0.717, 1.165) is 17.7 Å². The summed E-state index contributed by atoms with van der Waals surface area (Å²) in [6.07, 6.45) is 0.351. The first-order valence-corrected chi connectivity index (χ1v) is 6.27. The first-order valence-electron chi connectivity index (χ1n) is 6.27. The van der Waals surface area contributed by atoms with Gasteiger partial charge in [-0.1, -0.05) is 36.4 Å². The summed E-state index contributed by atoms with van der Waals surface area (Å²) in [6.45, 7) is 0. The second kappa shape index (κ2) is 6.28. The Morgan fingerprint density at radius 3 is 2.35 bits per heavy atom. The van der Waals surface area contributed by atoms with Gasteiger partial charge in [-0.3, -0.25) is 4.79 Å². The summed E-state index contributed by atoms with van der Waals surface area (Å²) in [4.78, 5) is 11.3. The first-order chi connectivity index (χ1) is 9.56. The molecule has 0 heterocycles. The molecule has 4 heteroatoms. The molecular weight excluding hydrogens is 262 g/mol. The van der Waals surface area contributed by atoms with E-state index in [1.807, 2.05) is 30.3 Å². The number of aliphatic carboxylic acids is 1. The Hall–Kier alpha value is -2.23. The monoisotopic (exact) mass is 276 g/mol. The lowest BCUT2D eigenvalue weighted by atomic mass is 9.92. The van der Waals surface area contributed by atoms with E-state index in [0.29, 0.717) is 6.42 Å². The molecule has 104 valence electrons. The van der Waals surface area contributed by atoms with Crippen molar-refractivity contribution in [1.29, 1.82) is 0 Å². The van der Waals surface area contributed by atoms with Crippen molar-refractivity contribution >= 4 is 5.97 Å². The van der Waals surface area contributed by atoms with Crippen molar-refractivity contribution in [1.82, 2.24) is 0 Å². The van der Waals surface area contributed by atoms with Crippen molar-refractivity contribution in [3.8, 4) is 0 Å². The second-order valence-corrected chi connectivity index (χ2v) is 4.66. The van der Waals surface area contributed by atoms with E-state index in [-0.39, 0.29) is 12.0 Å². The van der Waals surface area contributed by atoms with E-state index in [9.17, 15) is 18.7 Å². The average molecular weight is 276 g/mol. The van der Waals surface area contributed by atoms with Crippen LogP contribution in [0.5, 0.6) is 0 Å². The SMILES string of the molecule is O=C(O)C(Cc1ccccc1)Cc1ccc(F)cc1F. The van der Waals surface area contributed by atoms with Gasteiger partial charge in [0.05, 0.1) is 5.92 Å². The molecule has 1 N–H and O–H groups in total. The maximum absolute atomic E-state index is 13.6. The molecule has 0 aliphatic carbocycles. The maximum atomic E-state index is 13.6. The molecule has 2 rings (SSSR count). The second-order valence-electron chi connectivity index (χ2n) is 4.66. The van der Waals surface area contributed by atoms with Gasteiger partial charge in [-0.05, 0) is 30.0 Å². The highest BCUT2D eigenvalue weighted by Gasteiger charge is 2.20. The van der Waals surface area contributed by atoms with Crippen LogP contribution < -0.4 is 0 Å². The number of benzene rings is 2. The van der Waals surface area contributed by atoms with Gasteiger partial charge in [-0.15, -0.1) is 0 Å². The standard InChI is InChI=1S/C16H14F2O2/c17-14-7-6-12(15(18)10-14)9-13(16(19)20)8-11-4-2-1-3-5-11/h1-7,10,13H,8-9H2,(H,19,20). The van der Waals surface area contributed by atoms with Gasteiger partial charge >= 0.3 is 5.97 Å². The predicted molar refractivity (Wildman–Crippen MR) is 71.3 cm³/mol. The molecule has 20 heavy (non-hydrogen) atoms. The maximum Gasteiger partial charge on any atom is 0.307 e. The number of rotatable bonds is 5. The third-order valence-electron chi connectivity index (χ3n) is 3.16. The topological polar surface area (TPSA) is 37.3 Å². The minimum Gasteiger partial charge on any atom is -0.481 e. The van der Waals surface area contributed by atoms with E-state index in [1.54, 1.807) is 0 Å². The molecule has 2 aromatic rings. The Labute approximate surface area is 115 Å². The molecule has 0 aromatic heterocycles. The number of hydrogen-bond donors (Lipinski definition) is 1. The lowest BCUT2D eigenvalue weighted by Gasteiger charge is -2.13. The quantitative estimate of drug-likeness (QED) is 0.908. The van der Waals surface area contributed by atoms with Crippen LogP contribution >= 0.6 is 0 Å². The predicted octanol–water partition coefficient (Wildman–Crippen LogP) is 3.45. The fourth-order valence-electron chi connectivity index (χ4n) is 2.10. The van der Waals surface area contributed by atoms with Crippen LogP contribution in [-0.2, 0) is 17.6 Å². The van der Waals surface area contributed by atoms with Crippen LogP contribution in [0.25, 0.3) is 0 Å². The largest absolute Gasteiger partial charge is 0.481 e. The summed E-state index contributed by atoms with van der Waals surface area (Å²) in [5, 5.41) is 9.24. The van der Waals surface area contributed by atoms with Crippen LogP contribution in [0.15, 0.2) is 48.5 Å². The lowest BCUT2D eigenvalue weighted by Crippen LogP contribution is -2.19. The molecule has 1 atom stereocenters. The fourth-order valence-corrected chi connectivity index (χ4v) is 2.10. The molecule has 0 fully saturated rings. The molecule has 2 aromatic carbocycles. The van der Waals surface area contributed by atoms with Crippen molar-refractivity contribution in [2.24, 2.45) is 5.92 Å².